The second-order valence-corrected chi connectivity index (χ2v) is 9.51. The highest BCUT2D eigenvalue weighted by Gasteiger charge is 2.68. The van der Waals surface area contributed by atoms with Crippen LogP contribution in [0.1, 0.15) is 64.5 Å². The fraction of sp³-hybridized carbons (Fsp3) is 0.696. The fourth-order valence-corrected chi connectivity index (χ4v) is 6.45. The van der Waals surface area contributed by atoms with Crippen LogP contribution >= 0.6 is 0 Å². The third-order valence-corrected chi connectivity index (χ3v) is 7.83. The van der Waals surface area contributed by atoms with Crippen LogP contribution < -0.4 is 10.1 Å². The lowest BCUT2D eigenvalue weighted by atomic mass is 9.58. The highest BCUT2D eigenvalue weighted by atomic mass is 16.5. The molecule has 1 amide bonds. The molecule has 1 aromatic rings. The largest absolute Gasteiger partial charge is 0.507 e. The topological polar surface area (TPSA) is 67.8 Å². The van der Waals surface area contributed by atoms with Gasteiger partial charge in [0.2, 0.25) is 5.91 Å². The molecular formula is C23H33NO4. The lowest BCUT2D eigenvalue weighted by Gasteiger charge is -2.53. The average Bonchev–Trinajstić information content (AvgIpc) is 3.15. The van der Waals surface area contributed by atoms with Crippen LogP contribution in [0.25, 0.3) is 0 Å². The fourth-order valence-electron chi connectivity index (χ4n) is 6.45. The zero-order valence-corrected chi connectivity index (χ0v) is 17.5. The van der Waals surface area contributed by atoms with Crippen LogP contribution in [0.4, 0.5) is 0 Å². The number of nitrogens with one attached hydrogen (secondary N) is 1. The predicted molar refractivity (Wildman–Crippen MR) is 107 cm³/mol. The van der Waals surface area contributed by atoms with E-state index in [1.165, 1.54) is 0 Å². The van der Waals surface area contributed by atoms with Crippen LogP contribution in [-0.2, 0) is 9.53 Å². The molecule has 0 radical (unpaired) electrons. The number of rotatable bonds is 5. The van der Waals surface area contributed by atoms with E-state index in [2.05, 4.69) is 19.2 Å². The van der Waals surface area contributed by atoms with Crippen molar-refractivity contribution in [2.75, 3.05) is 13.7 Å². The maximum absolute atomic E-state index is 12.5. The number of carbonyl (C=O) groups excluding carboxylic acids is 1. The summed E-state index contributed by atoms with van der Waals surface area (Å²) in [6, 6.07) is 5.64. The van der Waals surface area contributed by atoms with Gasteiger partial charge in [-0.2, -0.15) is 0 Å². The van der Waals surface area contributed by atoms with Crippen LogP contribution in [0.2, 0.25) is 0 Å². The number of carbonyl (C=O) groups is 1. The molecule has 28 heavy (non-hydrogen) atoms. The number of methoxy groups -OCH3 is 1. The number of fused-ring (bicyclic) bond motifs is 1. The lowest BCUT2D eigenvalue weighted by molar-refractivity contribution is -0.137. The van der Waals surface area contributed by atoms with E-state index in [0.717, 1.165) is 31.2 Å². The smallest absolute Gasteiger partial charge is 0.220 e. The summed E-state index contributed by atoms with van der Waals surface area (Å²) in [6.45, 7) is 7.34. The molecular weight excluding hydrogens is 354 g/mol. The van der Waals surface area contributed by atoms with Crippen LogP contribution in [0, 0.1) is 22.7 Å². The Bertz CT molecular complexity index is 761. The number of phenols is 1. The summed E-state index contributed by atoms with van der Waals surface area (Å²) in [5.41, 5.74) is 0.977. The van der Waals surface area contributed by atoms with E-state index in [1.807, 2.05) is 19.1 Å². The molecule has 1 spiro atoms. The van der Waals surface area contributed by atoms with Gasteiger partial charge < -0.3 is 19.9 Å². The summed E-state index contributed by atoms with van der Waals surface area (Å²) in [5.74, 6) is 1.91. The van der Waals surface area contributed by atoms with Crippen molar-refractivity contribution in [3.8, 4) is 11.5 Å². The van der Waals surface area contributed by atoms with Gasteiger partial charge in [-0.25, -0.2) is 0 Å². The minimum absolute atomic E-state index is 0.0485. The standard InChI is InChI=1S/C23H33NO4/c1-5-6-19(26)24-21-22(2,3)14-11-17-20(28-10-9-23(17,21)13-14)16-8-7-15(27-4)12-18(16)25/h7-8,12,14,17,20-21,25H,5-6,9-11,13H2,1-4H3,(H,24,26)/t14-,17-,20-,21+,23?/m1/s1. The molecule has 2 saturated carbocycles. The van der Waals surface area contributed by atoms with Gasteiger partial charge in [0.05, 0.1) is 13.2 Å². The molecule has 5 nitrogen and oxygen atoms in total. The second-order valence-electron chi connectivity index (χ2n) is 9.51. The molecule has 2 bridgehead atoms. The van der Waals surface area contributed by atoms with Crippen molar-refractivity contribution in [1.29, 1.82) is 0 Å². The van der Waals surface area contributed by atoms with E-state index < -0.39 is 0 Å². The third-order valence-electron chi connectivity index (χ3n) is 7.83. The molecule has 4 rings (SSSR count). The monoisotopic (exact) mass is 387 g/mol. The van der Waals surface area contributed by atoms with Crippen molar-refractivity contribution in [3.63, 3.8) is 0 Å². The first-order chi connectivity index (χ1) is 13.3. The van der Waals surface area contributed by atoms with Crippen LogP contribution in [0.15, 0.2) is 18.2 Å². The SMILES string of the molecule is CCCC(=O)N[C@H]1C(C)(C)[C@@H]2C[C@@H]3[C@@H](c4ccc(OC)cc4O)OCCC31C2. The number of amides is 1. The predicted octanol–water partition coefficient (Wildman–Crippen LogP) is 4.20. The van der Waals surface area contributed by atoms with Crippen molar-refractivity contribution >= 4 is 5.91 Å². The first kappa shape index (κ1) is 19.6. The Hall–Kier alpha value is -1.75. The Morgan fingerprint density at radius 2 is 2.18 bits per heavy atom. The number of benzene rings is 1. The van der Waals surface area contributed by atoms with E-state index >= 15 is 0 Å². The molecule has 3 aliphatic rings. The molecule has 2 aliphatic carbocycles. The molecule has 1 saturated heterocycles. The summed E-state index contributed by atoms with van der Waals surface area (Å²) in [6.07, 6.45) is 4.51. The van der Waals surface area contributed by atoms with E-state index in [0.29, 0.717) is 30.6 Å². The number of ether oxygens (including phenoxy) is 2. The summed E-state index contributed by atoms with van der Waals surface area (Å²) >= 11 is 0. The molecule has 5 heteroatoms. The molecule has 1 aliphatic heterocycles. The first-order valence-corrected chi connectivity index (χ1v) is 10.6. The van der Waals surface area contributed by atoms with Gasteiger partial charge in [0.1, 0.15) is 11.5 Å². The Kier molecular flexibility index (Phi) is 4.85. The number of hydrogen-bond donors (Lipinski definition) is 2. The summed E-state index contributed by atoms with van der Waals surface area (Å²) in [4.78, 5) is 12.5. The quantitative estimate of drug-likeness (QED) is 0.795. The zero-order valence-electron chi connectivity index (χ0n) is 17.5. The van der Waals surface area contributed by atoms with Gasteiger partial charge in [0.15, 0.2) is 0 Å². The van der Waals surface area contributed by atoms with E-state index in [9.17, 15) is 9.90 Å². The number of phenolic OH excluding ortho intramolecular Hbond substituents is 1. The van der Waals surface area contributed by atoms with Gasteiger partial charge in [-0.3, -0.25) is 4.79 Å². The van der Waals surface area contributed by atoms with Crippen LogP contribution in [-0.4, -0.2) is 30.8 Å². The van der Waals surface area contributed by atoms with Crippen molar-refractivity contribution in [3.05, 3.63) is 23.8 Å². The van der Waals surface area contributed by atoms with E-state index in [1.54, 1.807) is 13.2 Å². The molecule has 3 fully saturated rings. The summed E-state index contributed by atoms with van der Waals surface area (Å²) in [7, 11) is 1.60. The Balaban J connectivity index is 1.67. The first-order valence-electron chi connectivity index (χ1n) is 10.6. The zero-order chi connectivity index (χ0) is 20.1. The van der Waals surface area contributed by atoms with E-state index in [4.69, 9.17) is 9.47 Å². The Morgan fingerprint density at radius 3 is 2.86 bits per heavy atom. The molecule has 1 unspecified atom stereocenters. The van der Waals surface area contributed by atoms with Gasteiger partial charge in [-0.05, 0) is 60.5 Å². The maximum Gasteiger partial charge on any atom is 0.220 e. The Labute approximate surface area is 167 Å². The average molecular weight is 388 g/mol. The molecule has 2 N–H and O–H groups in total. The van der Waals surface area contributed by atoms with Crippen LogP contribution in [0.3, 0.4) is 0 Å². The minimum Gasteiger partial charge on any atom is -0.507 e. The van der Waals surface area contributed by atoms with Gasteiger partial charge >= 0.3 is 0 Å². The van der Waals surface area contributed by atoms with Gasteiger partial charge in [-0.15, -0.1) is 0 Å². The maximum atomic E-state index is 12.5. The minimum atomic E-state index is -0.133. The number of hydrogen-bond acceptors (Lipinski definition) is 4. The lowest BCUT2D eigenvalue weighted by Crippen LogP contribution is -2.58. The molecule has 154 valence electrons. The molecule has 1 aromatic carbocycles. The van der Waals surface area contributed by atoms with Crippen molar-refractivity contribution in [1.82, 2.24) is 5.32 Å². The summed E-state index contributed by atoms with van der Waals surface area (Å²) < 4.78 is 11.5. The van der Waals surface area contributed by atoms with Gasteiger partial charge in [0, 0.05) is 30.7 Å². The van der Waals surface area contributed by atoms with Crippen molar-refractivity contribution in [2.45, 2.75) is 65.0 Å². The Morgan fingerprint density at radius 1 is 1.39 bits per heavy atom. The normalized spacial score (nSPS) is 35.4. The third kappa shape index (κ3) is 2.81. The highest BCUT2D eigenvalue weighted by Crippen LogP contribution is 2.70. The van der Waals surface area contributed by atoms with Crippen LogP contribution in [0.5, 0.6) is 11.5 Å². The highest BCUT2D eigenvalue weighted by molar-refractivity contribution is 5.76. The van der Waals surface area contributed by atoms with Gasteiger partial charge in [-0.1, -0.05) is 20.8 Å². The number of aromatic hydroxyl groups is 1. The summed E-state index contributed by atoms with van der Waals surface area (Å²) in [5, 5.41) is 14.0. The van der Waals surface area contributed by atoms with Crippen molar-refractivity contribution in [2.24, 2.45) is 22.7 Å². The molecule has 1 heterocycles. The van der Waals surface area contributed by atoms with E-state index in [-0.39, 0.29) is 34.6 Å². The van der Waals surface area contributed by atoms with Crippen molar-refractivity contribution < 1.29 is 19.4 Å². The van der Waals surface area contributed by atoms with Gasteiger partial charge in [0.25, 0.3) is 0 Å². The molecule has 0 aromatic heterocycles. The second kappa shape index (κ2) is 6.94. The molecule has 5 atom stereocenters.